The molecule has 1 rings (SSSR count). The van der Waals surface area contributed by atoms with Gasteiger partial charge in [0.15, 0.2) is 0 Å². The Morgan fingerprint density at radius 2 is 1.67 bits per heavy atom. The summed E-state index contributed by atoms with van der Waals surface area (Å²) in [4.78, 5) is 0. The van der Waals surface area contributed by atoms with Crippen LogP contribution < -0.4 is 5.32 Å². The fourth-order valence-electron chi connectivity index (χ4n) is 2.56. The van der Waals surface area contributed by atoms with Crippen LogP contribution in [0.5, 0.6) is 0 Å². The Morgan fingerprint density at radius 1 is 1.13 bits per heavy atom. The molecule has 0 aromatic heterocycles. The van der Waals surface area contributed by atoms with Crippen molar-refractivity contribution < 1.29 is 5.11 Å². The molecule has 0 heterocycles. The maximum Gasteiger partial charge on any atom is 0.0613 e. The summed E-state index contributed by atoms with van der Waals surface area (Å²) in [5, 5.41) is 13.2. The van der Waals surface area contributed by atoms with Gasteiger partial charge in [0.1, 0.15) is 0 Å². The van der Waals surface area contributed by atoms with Crippen LogP contribution in [-0.2, 0) is 0 Å². The highest BCUT2D eigenvalue weighted by Gasteiger charge is 2.29. The van der Waals surface area contributed by atoms with Gasteiger partial charge in [-0.15, -0.1) is 0 Å². The van der Waals surface area contributed by atoms with Crippen LogP contribution >= 0.6 is 0 Å². The van der Waals surface area contributed by atoms with Crippen molar-refractivity contribution in [2.75, 3.05) is 6.61 Å². The third-order valence-electron chi connectivity index (χ3n) is 4.18. The molecule has 0 amide bonds. The van der Waals surface area contributed by atoms with Gasteiger partial charge in [-0.2, -0.15) is 0 Å². The molecule has 90 valence electrons. The van der Waals surface area contributed by atoms with E-state index in [9.17, 15) is 5.11 Å². The minimum Gasteiger partial charge on any atom is -0.394 e. The Labute approximate surface area is 94.5 Å². The second-order valence-electron chi connectivity index (χ2n) is 5.25. The first kappa shape index (κ1) is 13.0. The molecule has 2 heteroatoms. The summed E-state index contributed by atoms with van der Waals surface area (Å²) in [6, 6.07) is 0.633. The monoisotopic (exact) mass is 213 g/mol. The molecule has 1 fully saturated rings. The average molecular weight is 213 g/mol. The molecule has 0 saturated heterocycles. The third-order valence-corrected chi connectivity index (χ3v) is 4.18. The van der Waals surface area contributed by atoms with Gasteiger partial charge >= 0.3 is 0 Å². The van der Waals surface area contributed by atoms with Crippen LogP contribution in [0.2, 0.25) is 0 Å². The molecule has 0 aromatic rings. The Hall–Kier alpha value is -0.0800. The van der Waals surface area contributed by atoms with Gasteiger partial charge in [0.25, 0.3) is 0 Å². The topological polar surface area (TPSA) is 32.3 Å². The molecule has 2 nitrogen and oxygen atoms in total. The van der Waals surface area contributed by atoms with E-state index in [1.165, 1.54) is 25.7 Å². The minimum atomic E-state index is -0.0226. The average Bonchev–Trinajstić information content (AvgIpc) is 2.29. The Morgan fingerprint density at radius 3 is 2.07 bits per heavy atom. The summed E-state index contributed by atoms with van der Waals surface area (Å²) in [7, 11) is 0. The largest absolute Gasteiger partial charge is 0.394 e. The molecule has 15 heavy (non-hydrogen) atoms. The lowest BCUT2D eigenvalue weighted by Gasteiger charge is -2.38. The van der Waals surface area contributed by atoms with E-state index in [2.05, 4.69) is 26.1 Å². The van der Waals surface area contributed by atoms with Crippen LogP contribution in [0.1, 0.15) is 59.3 Å². The predicted octanol–water partition coefficient (Wildman–Crippen LogP) is 2.71. The lowest BCUT2D eigenvalue weighted by molar-refractivity contribution is 0.124. The minimum absolute atomic E-state index is 0.0226. The van der Waals surface area contributed by atoms with E-state index >= 15 is 0 Å². The van der Waals surface area contributed by atoms with Crippen LogP contribution in [0.3, 0.4) is 0 Å². The summed E-state index contributed by atoms with van der Waals surface area (Å²) < 4.78 is 0. The van der Waals surface area contributed by atoms with Gasteiger partial charge in [-0.05, 0) is 44.4 Å². The Bertz CT molecular complexity index is 161. The van der Waals surface area contributed by atoms with Gasteiger partial charge in [0.05, 0.1) is 6.61 Å². The molecule has 0 atom stereocenters. The summed E-state index contributed by atoms with van der Waals surface area (Å²) in [5.74, 6) is 0.898. The molecular formula is C13H27NO. The lowest BCUT2D eigenvalue weighted by atomic mass is 9.84. The fraction of sp³-hybridized carbons (Fsp3) is 1.00. The van der Waals surface area contributed by atoms with Crippen molar-refractivity contribution in [1.29, 1.82) is 0 Å². The van der Waals surface area contributed by atoms with Crippen molar-refractivity contribution in [2.24, 2.45) is 5.92 Å². The van der Waals surface area contributed by atoms with Gasteiger partial charge in [0, 0.05) is 11.6 Å². The summed E-state index contributed by atoms with van der Waals surface area (Å²) in [6.07, 6.45) is 7.28. The van der Waals surface area contributed by atoms with Crippen LogP contribution in [0.25, 0.3) is 0 Å². The van der Waals surface area contributed by atoms with Crippen molar-refractivity contribution >= 4 is 0 Å². The third kappa shape index (κ3) is 3.46. The van der Waals surface area contributed by atoms with E-state index < -0.39 is 0 Å². The quantitative estimate of drug-likeness (QED) is 0.736. The number of aliphatic hydroxyl groups excluding tert-OH is 1. The van der Waals surface area contributed by atoms with Crippen LogP contribution in [0.4, 0.5) is 0 Å². The number of hydrogen-bond acceptors (Lipinski definition) is 2. The standard InChI is InChI=1S/C13H27NO/c1-4-13(5-2,10-15)14-12-8-6-11(3)7-9-12/h11-12,14-15H,4-10H2,1-3H3. The number of hydrogen-bond donors (Lipinski definition) is 2. The maximum absolute atomic E-state index is 9.50. The molecule has 0 unspecified atom stereocenters. The van der Waals surface area contributed by atoms with Gasteiger partial charge in [0.2, 0.25) is 0 Å². The first-order valence-electron chi connectivity index (χ1n) is 6.54. The molecular weight excluding hydrogens is 186 g/mol. The van der Waals surface area contributed by atoms with Crippen molar-refractivity contribution in [1.82, 2.24) is 5.32 Å². The molecule has 0 spiro atoms. The van der Waals surface area contributed by atoms with Crippen molar-refractivity contribution in [3.8, 4) is 0 Å². The second-order valence-corrected chi connectivity index (χ2v) is 5.25. The van der Waals surface area contributed by atoms with Crippen LogP contribution in [0, 0.1) is 5.92 Å². The van der Waals surface area contributed by atoms with Crippen molar-refractivity contribution in [2.45, 2.75) is 70.9 Å². The van der Waals surface area contributed by atoms with E-state index in [1.807, 2.05) is 0 Å². The Balaban J connectivity index is 2.44. The SMILES string of the molecule is CCC(CC)(CO)NC1CCC(C)CC1. The zero-order chi connectivity index (χ0) is 11.3. The molecule has 1 aliphatic rings. The molecule has 0 aromatic carbocycles. The number of nitrogens with one attached hydrogen (secondary N) is 1. The maximum atomic E-state index is 9.50. The van der Waals surface area contributed by atoms with Gasteiger partial charge in [-0.3, -0.25) is 0 Å². The first-order chi connectivity index (χ1) is 7.15. The molecule has 1 saturated carbocycles. The molecule has 0 radical (unpaired) electrons. The van der Waals surface area contributed by atoms with E-state index in [0.717, 1.165) is 18.8 Å². The molecule has 0 bridgehead atoms. The van der Waals surface area contributed by atoms with Crippen molar-refractivity contribution in [3.63, 3.8) is 0 Å². The van der Waals surface area contributed by atoms with E-state index in [1.54, 1.807) is 0 Å². The zero-order valence-electron chi connectivity index (χ0n) is 10.6. The molecule has 0 aliphatic heterocycles. The van der Waals surface area contributed by atoms with Gasteiger partial charge in [-0.25, -0.2) is 0 Å². The van der Waals surface area contributed by atoms with Gasteiger partial charge < -0.3 is 10.4 Å². The van der Waals surface area contributed by atoms with Crippen molar-refractivity contribution in [3.05, 3.63) is 0 Å². The van der Waals surface area contributed by atoms with Crippen LogP contribution in [0.15, 0.2) is 0 Å². The molecule has 1 aliphatic carbocycles. The number of rotatable bonds is 5. The molecule has 2 N–H and O–H groups in total. The second kappa shape index (κ2) is 5.86. The lowest BCUT2D eigenvalue weighted by Crippen LogP contribution is -2.53. The van der Waals surface area contributed by atoms with Crippen LogP contribution in [-0.4, -0.2) is 23.3 Å². The fourth-order valence-corrected chi connectivity index (χ4v) is 2.56. The summed E-state index contributed by atoms with van der Waals surface area (Å²) in [6.45, 7) is 6.94. The van der Waals surface area contributed by atoms with E-state index in [4.69, 9.17) is 0 Å². The predicted molar refractivity (Wildman–Crippen MR) is 65.0 cm³/mol. The smallest absolute Gasteiger partial charge is 0.0613 e. The zero-order valence-corrected chi connectivity index (χ0v) is 10.6. The summed E-state index contributed by atoms with van der Waals surface area (Å²) in [5.41, 5.74) is -0.0226. The van der Waals surface area contributed by atoms with E-state index in [-0.39, 0.29) is 12.1 Å². The normalized spacial score (nSPS) is 28.0. The highest BCUT2D eigenvalue weighted by atomic mass is 16.3. The van der Waals surface area contributed by atoms with Gasteiger partial charge in [-0.1, -0.05) is 20.8 Å². The first-order valence-corrected chi connectivity index (χ1v) is 6.54. The highest BCUT2D eigenvalue weighted by Crippen LogP contribution is 2.26. The number of aliphatic hydroxyl groups is 1. The Kier molecular flexibility index (Phi) is 5.07. The summed E-state index contributed by atoms with van der Waals surface area (Å²) >= 11 is 0. The van der Waals surface area contributed by atoms with E-state index in [0.29, 0.717) is 6.04 Å². The highest BCUT2D eigenvalue weighted by molar-refractivity contribution is 4.89.